The predicted octanol–water partition coefficient (Wildman–Crippen LogP) is 4.99. The van der Waals surface area contributed by atoms with Gasteiger partial charge in [0.05, 0.1) is 22.6 Å². The van der Waals surface area contributed by atoms with Crippen LogP contribution in [0.2, 0.25) is 0 Å². The number of halogens is 5. The number of hydrogen-bond acceptors (Lipinski definition) is 5. The van der Waals surface area contributed by atoms with Crippen molar-refractivity contribution < 1.29 is 31.5 Å². The number of carbonyl (C=O) groups is 2. The molecule has 0 radical (unpaired) electrons. The normalized spacial score (nSPS) is 17.3. The Balaban J connectivity index is 1.24. The maximum atomic E-state index is 14.2. The number of piperazine rings is 1. The van der Waals surface area contributed by atoms with Gasteiger partial charge >= 0.3 is 6.18 Å². The van der Waals surface area contributed by atoms with Crippen LogP contribution in [0.1, 0.15) is 33.2 Å². The van der Waals surface area contributed by atoms with E-state index >= 15 is 0 Å². The van der Waals surface area contributed by atoms with Gasteiger partial charge in [-0.3, -0.25) is 19.5 Å². The van der Waals surface area contributed by atoms with Crippen molar-refractivity contribution in [3.05, 3.63) is 94.9 Å². The Kier molecular flexibility index (Phi) is 6.76. The zero-order chi connectivity index (χ0) is 29.8. The van der Waals surface area contributed by atoms with Crippen LogP contribution < -0.4 is 5.32 Å². The second-order valence-corrected chi connectivity index (χ2v) is 10.1. The molecule has 8 nitrogen and oxygen atoms in total. The molecule has 2 aliphatic rings. The molecule has 42 heavy (non-hydrogen) atoms. The summed E-state index contributed by atoms with van der Waals surface area (Å²) in [5, 5.41) is 7.10. The third-order valence-corrected chi connectivity index (χ3v) is 7.59. The number of carbonyl (C=O) groups excluding carboxylic acids is 2. The highest BCUT2D eigenvalue weighted by Gasteiger charge is 2.40. The molecule has 2 aliphatic heterocycles. The van der Waals surface area contributed by atoms with E-state index < -0.39 is 41.2 Å². The van der Waals surface area contributed by atoms with Crippen molar-refractivity contribution in [1.82, 2.24) is 24.6 Å². The Morgan fingerprint density at radius 1 is 0.976 bits per heavy atom. The van der Waals surface area contributed by atoms with Crippen LogP contribution >= 0.6 is 0 Å². The number of pyridine rings is 1. The summed E-state index contributed by atoms with van der Waals surface area (Å²) in [7, 11) is 0. The molecule has 4 heterocycles. The van der Waals surface area contributed by atoms with Crippen LogP contribution in [0.15, 0.2) is 60.9 Å². The number of anilines is 1. The lowest BCUT2D eigenvalue weighted by Crippen LogP contribution is -2.50. The number of rotatable bonds is 4. The smallest absolute Gasteiger partial charge is 0.335 e. The van der Waals surface area contributed by atoms with Crippen molar-refractivity contribution in [2.75, 3.05) is 31.5 Å². The lowest BCUT2D eigenvalue weighted by atomic mass is 10.0. The van der Waals surface area contributed by atoms with Gasteiger partial charge in [0.1, 0.15) is 6.04 Å². The van der Waals surface area contributed by atoms with Gasteiger partial charge in [-0.05, 0) is 55.5 Å². The van der Waals surface area contributed by atoms with E-state index in [1.165, 1.54) is 23.7 Å². The first-order valence-corrected chi connectivity index (χ1v) is 13.0. The van der Waals surface area contributed by atoms with Crippen molar-refractivity contribution in [3.63, 3.8) is 0 Å². The van der Waals surface area contributed by atoms with E-state index in [4.69, 9.17) is 0 Å². The highest BCUT2D eigenvalue weighted by atomic mass is 19.4. The summed E-state index contributed by atoms with van der Waals surface area (Å²) in [5.41, 5.74) is 1.42. The number of fused-ring (bicyclic) bond motifs is 1. The number of nitrogens with one attached hydrogen (secondary N) is 1. The summed E-state index contributed by atoms with van der Waals surface area (Å²) >= 11 is 0. The van der Waals surface area contributed by atoms with Gasteiger partial charge in [0, 0.05) is 55.3 Å². The first kappa shape index (κ1) is 27.5. The lowest BCUT2D eigenvalue weighted by molar-refractivity contribution is -0.137. The standard InChI is InChI=1S/C29H23F5N6O2/c1-16-24(31)21(30)14-20-25(16)36-27(41)26(20)38-10-12-39(13-11-38)28(42)22-15-23(17-6-8-35-9-7-17)40(37-22)19-4-2-18(3-5-19)29(32,33)34/h2-9,14-15,26H,10-13H2,1H3,(H,36,41). The zero-order valence-corrected chi connectivity index (χ0v) is 22.1. The monoisotopic (exact) mass is 582 g/mol. The Labute approximate surface area is 236 Å². The molecular formula is C29H23F5N6O2. The molecule has 0 aliphatic carbocycles. The van der Waals surface area contributed by atoms with Crippen molar-refractivity contribution >= 4 is 17.5 Å². The summed E-state index contributed by atoms with van der Waals surface area (Å²) in [5.74, 6) is -2.83. The molecule has 1 saturated heterocycles. The van der Waals surface area contributed by atoms with E-state index in [2.05, 4.69) is 15.4 Å². The molecule has 0 bridgehead atoms. The zero-order valence-electron chi connectivity index (χ0n) is 22.1. The minimum atomic E-state index is -4.50. The van der Waals surface area contributed by atoms with Gasteiger partial charge < -0.3 is 10.2 Å². The third-order valence-electron chi connectivity index (χ3n) is 7.59. The van der Waals surface area contributed by atoms with Crippen LogP contribution in [0.25, 0.3) is 16.9 Å². The fraction of sp³-hybridized carbons (Fsp3) is 0.241. The van der Waals surface area contributed by atoms with Crippen molar-refractivity contribution in [2.24, 2.45) is 0 Å². The maximum Gasteiger partial charge on any atom is 0.416 e. The predicted molar refractivity (Wildman–Crippen MR) is 142 cm³/mol. The first-order valence-electron chi connectivity index (χ1n) is 13.0. The number of aromatic nitrogens is 3. The number of nitrogens with zero attached hydrogens (tertiary/aromatic N) is 5. The molecule has 2 amide bonds. The summed E-state index contributed by atoms with van der Waals surface area (Å²) in [6.45, 7) is 2.45. The SMILES string of the molecule is Cc1c(F)c(F)cc2c1NC(=O)C2N1CCN(C(=O)c2cc(-c3ccncc3)n(-c3ccc(C(F)(F)F)cc3)n2)CC1. The van der Waals surface area contributed by atoms with Crippen molar-refractivity contribution in [3.8, 4) is 16.9 Å². The molecule has 1 unspecified atom stereocenters. The fourth-order valence-electron chi connectivity index (χ4n) is 5.40. The van der Waals surface area contributed by atoms with Crippen molar-refractivity contribution in [2.45, 2.75) is 19.1 Å². The Hall–Kier alpha value is -4.65. The quantitative estimate of drug-likeness (QED) is 0.343. The molecule has 2 aromatic carbocycles. The average molecular weight is 583 g/mol. The molecule has 1 N–H and O–H groups in total. The van der Waals surface area contributed by atoms with Crippen LogP contribution in [0, 0.1) is 18.6 Å². The fourth-order valence-corrected chi connectivity index (χ4v) is 5.40. The van der Waals surface area contributed by atoms with Crippen LogP contribution in [0.5, 0.6) is 0 Å². The van der Waals surface area contributed by atoms with E-state index in [1.54, 1.807) is 35.5 Å². The van der Waals surface area contributed by atoms with Crippen LogP contribution in [0.3, 0.4) is 0 Å². The van der Waals surface area contributed by atoms with Crippen molar-refractivity contribution in [1.29, 1.82) is 0 Å². The lowest BCUT2D eigenvalue weighted by Gasteiger charge is -2.37. The van der Waals surface area contributed by atoms with Gasteiger partial charge in [-0.1, -0.05) is 0 Å². The number of hydrogen-bond donors (Lipinski definition) is 1. The first-order chi connectivity index (χ1) is 20.0. The number of benzene rings is 2. The van der Waals surface area contributed by atoms with Gasteiger partial charge in [0.25, 0.3) is 5.91 Å². The third kappa shape index (κ3) is 4.79. The summed E-state index contributed by atoms with van der Waals surface area (Å²) < 4.78 is 69.0. The van der Waals surface area contributed by atoms with E-state index in [9.17, 15) is 31.5 Å². The van der Waals surface area contributed by atoms with Crippen LogP contribution in [-0.4, -0.2) is 62.6 Å². The van der Waals surface area contributed by atoms with E-state index in [-0.39, 0.29) is 43.1 Å². The van der Waals surface area contributed by atoms with E-state index in [0.29, 0.717) is 22.5 Å². The highest BCUT2D eigenvalue weighted by molar-refractivity contribution is 6.03. The molecule has 216 valence electrons. The summed E-state index contributed by atoms with van der Waals surface area (Å²) in [4.78, 5) is 33.7. The van der Waals surface area contributed by atoms with E-state index in [1.807, 2.05) is 4.90 Å². The minimum absolute atomic E-state index is 0.0308. The number of amides is 2. The Morgan fingerprint density at radius 2 is 1.64 bits per heavy atom. The molecule has 0 spiro atoms. The summed E-state index contributed by atoms with van der Waals surface area (Å²) in [6, 6.07) is 9.66. The Bertz CT molecular complexity index is 1680. The van der Waals surface area contributed by atoms with Crippen LogP contribution in [-0.2, 0) is 11.0 Å². The highest BCUT2D eigenvalue weighted by Crippen LogP contribution is 2.39. The molecule has 1 atom stereocenters. The second kappa shape index (κ2) is 10.3. The molecule has 13 heteroatoms. The summed E-state index contributed by atoms with van der Waals surface area (Å²) in [6.07, 6.45) is -1.39. The minimum Gasteiger partial charge on any atom is -0.335 e. The van der Waals surface area contributed by atoms with Crippen LogP contribution in [0.4, 0.5) is 27.6 Å². The maximum absolute atomic E-state index is 14.2. The molecule has 2 aromatic heterocycles. The second-order valence-electron chi connectivity index (χ2n) is 10.1. The average Bonchev–Trinajstić information content (AvgIpc) is 3.57. The largest absolute Gasteiger partial charge is 0.416 e. The number of alkyl halides is 3. The van der Waals surface area contributed by atoms with Gasteiger partial charge in [0.2, 0.25) is 5.91 Å². The topological polar surface area (TPSA) is 83.4 Å². The van der Waals surface area contributed by atoms with Gasteiger partial charge in [-0.2, -0.15) is 18.3 Å². The molecule has 6 rings (SSSR count). The van der Waals surface area contributed by atoms with E-state index in [0.717, 1.165) is 18.2 Å². The molecular weight excluding hydrogens is 559 g/mol. The molecule has 4 aromatic rings. The molecule has 0 saturated carbocycles. The van der Waals surface area contributed by atoms with Gasteiger partial charge in [-0.25, -0.2) is 13.5 Å². The Morgan fingerprint density at radius 3 is 2.29 bits per heavy atom. The van der Waals surface area contributed by atoms with Gasteiger partial charge in [0.15, 0.2) is 17.3 Å². The van der Waals surface area contributed by atoms with Gasteiger partial charge in [-0.15, -0.1) is 0 Å². The molecule has 1 fully saturated rings.